The van der Waals surface area contributed by atoms with E-state index in [1.165, 1.54) is 12.8 Å². The second-order valence-corrected chi connectivity index (χ2v) is 6.95. The zero-order valence-corrected chi connectivity index (χ0v) is 16.5. The minimum Gasteiger partial charge on any atom is -0.494 e. The number of rotatable bonds is 8. The summed E-state index contributed by atoms with van der Waals surface area (Å²) < 4.78 is 5.56. The normalized spacial score (nSPS) is 13.7. The van der Waals surface area contributed by atoms with E-state index in [2.05, 4.69) is 28.4 Å². The Kier molecular flexibility index (Phi) is 8.83. The van der Waals surface area contributed by atoms with Crippen LogP contribution in [-0.4, -0.2) is 36.1 Å². The van der Waals surface area contributed by atoms with Gasteiger partial charge in [-0.25, -0.2) is 0 Å². The number of nitrogens with one attached hydrogen (secondary N) is 4. The first-order chi connectivity index (χ1) is 13.1. The number of benzene rings is 1. The lowest BCUT2D eigenvalue weighted by Gasteiger charge is -2.16. The van der Waals surface area contributed by atoms with E-state index in [0.717, 1.165) is 31.4 Å². The molecular formula is C19H28N4O3S. The summed E-state index contributed by atoms with van der Waals surface area (Å²) in [5, 5.41) is 6.12. The number of carbonyl (C=O) groups is 2. The first kappa shape index (κ1) is 21.0. The van der Waals surface area contributed by atoms with Crippen LogP contribution in [0.1, 0.15) is 55.8 Å². The predicted octanol–water partition coefficient (Wildman–Crippen LogP) is 2.03. The summed E-state index contributed by atoms with van der Waals surface area (Å²) in [6, 6.07) is 7.22. The number of hydrogen-bond acceptors (Lipinski definition) is 4. The summed E-state index contributed by atoms with van der Waals surface area (Å²) in [6.07, 6.45) is 6.64. The highest BCUT2D eigenvalue weighted by Crippen LogP contribution is 2.17. The Hall–Kier alpha value is -2.35. The fourth-order valence-corrected chi connectivity index (χ4v) is 2.98. The number of amides is 2. The Morgan fingerprint density at radius 3 is 2.52 bits per heavy atom. The average molecular weight is 393 g/mol. The van der Waals surface area contributed by atoms with E-state index in [-0.39, 0.29) is 18.4 Å². The molecule has 0 unspecified atom stereocenters. The monoisotopic (exact) mass is 392 g/mol. The Morgan fingerprint density at radius 1 is 1.15 bits per heavy atom. The highest BCUT2D eigenvalue weighted by Gasteiger charge is 2.15. The van der Waals surface area contributed by atoms with Crippen LogP contribution in [0.4, 0.5) is 0 Å². The van der Waals surface area contributed by atoms with Gasteiger partial charge in [-0.2, -0.15) is 0 Å². The van der Waals surface area contributed by atoms with Crippen molar-refractivity contribution in [1.82, 2.24) is 21.5 Å². The molecule has 2 amide bonds. The third kappa shape index (κ3) is 7.82. The van der Waals surface area contributed by atoms with Crippen LogP contribution in [0.25, 0.3) is 0 Å². The van der Waals surface area contributed by atoms with E-state index in [1.54, 1.807) is 24.3 Å². The van der Waals surface area contributed by atoms with Crippen molar-refractivity contribution in [3.05, 3.63) is 29.8 Å². The summed E-state index contributed by atoms with van der Waals surface area (Å²) in [4.78, 5) is 23.9. The number of carbonyl (C=O) groups excluding carboxylic acids is 2. The Balaban J connectivity index is 1.65. The molecule has 1 fully saturated rings. The van der Waals surface area contributed by atoms with Crippen molar-refractivity contribution in [2.45, 2.75) is 51.5 Å². The second kappa shape index (κ2) is 11.4. The number of unbranched alkanes of at least 4 members (excludes halogenated alkanes) is 1. The maximum absolute atomic E-state index is 12.1. The van der Waals surface area contributed by atoms with Crippen LogP contribution in [-0.2, 0) is 4.79 Å². The van der Waals surface area contributed by atoms with Gasteiger partial charge in [0.15, 0.2) is 5.11 Å². The molecule has 0 spiro atoms. The number of ether oxygens (including phenoxy) is 1. The van der Waals surface area contributed by atoms with E-state index < -0.39 is 0 Å². The van der Waals surface area contributed by atoms with Crippen LogP contribution in [0.15, 0.2) is 24.3 Å². The third-order valence-electron chi connectivity index (χ3n) is 4.30. The summed E-state index contributed by atoms with van der Waals surface area (Å²) in [7, 11) is 0. The molecule has 1 aromatic rings. The molecule has 8 heteroatoms. The fourth-order valence-electron chi connectivity index (χ4n) is 2.76. The SMILES string of the molecule is CCCCOc1ccc(C(=O)NCC(=O)NNC(=S)NC2CCCC2)cc1. The zero-order valence-electron chi connectivity index (χ0n) is 15.7. The van der Waals surface area contributed by atoms with Gasteiger partial charge in [0.25, 0.3) is 11.8 Å². The second-order valence-electron chi connectivity index (χ2n) is 6.54. The first-order valence-corrected chi connectivity index (χ1v) is 9.85. The molecule has 2 rings (SSSR count). The summed E-state index contributed by atoms with van der Waals surface area (Å²) >= 11 is 5.14. The quantitative estimate of drug-likeness (QED) is 0.307. The van der Waals surface area contributed by atoms with Crippen molar-refractivity contribution in [3.8, 4) is 5.75 Å². The number of hydrogen-bond donors (Lipinski definition) is 4. The van der Waals surface area contributed by atoms with E-state index in [1.807, 2.05) is 0 Å². The minimum absolute atomic E-state index is 0.146. The van der Waals surface area contributed by atoms with Crippen molar-refractivity contribution in [2.24, 2.45) is 0 Å². The molecule has 0 bridgehead atoms. The lowest BCUT2D eigenvalue weighted by atomic mass is 10.2. The fraction of sp³-hybridized carbons (Fsp3) is 0.526. The molecule has 4 N–H and O–H groups in total. The summed E-state index contributed by atoms with van der Waals surface area (Å²) in [5.74, 6) is 0.0283. The molecule has 148 valence electrons. The van der Waals surface area contributed by atoms with Gasteiger partial charge >= 0.3 is 0 Å². The van der Waals surface area contributed by atoms with E-state index in [9.17, 15) is 9.59 Å². The molecule has 0 saturated heterocycles. The van der Waals surface area contributed by atoms with E-state index >= 15 is 0 Å². The smallest absolute Gasteiger partial charge is 0.257 e. The van der Waals surface area contributed by atoms with Crippen molar-refractivity contribution in [1.29, 1.82) is 0 Å². The number of hydrazine groups is 1. The molecule has 1 aliphatic rings. The highest BCUT2D eigenvalue weighted by atomic mass is 32.1. The topological polar surface area (TPSA) is 91.5 Å². The summed E-state index contributed by atoms with van der Waals surface area (Å²) in [6.45, 7) is 2.61. The van der Waals surface area contributed by atoms with Crippen molar-refractivity contribution < 1.29 is 14.3 Å². The molecule has 1 aromatic carbocycles. The molecule has 0 aliphatic heterocycles. The minimum atomic E-state index is -0.376. The lowest BCUT2D eigenvalue weighted by Crippen LogP contribution is -2.51. The van der Waals surface area contributed by atoms with Crippen LogP contribution >= 0.6 is 12.2 Å². The van der Waals surface area contributed by atoms with Gasteiger partial charge in [0.1, 0.15) is 5.75 Å². The van der Waals surface area contributed by atoms with Crippen molar-refractivity contribution >= 4 is 29.1 Å². The largest absolute Gasteiger partial charge is 0.494 e. The van der Waals surface area contributed by atoms with Crippen molar-refractivity contribution in [2.75, 3.05) is 13.2 Å². The molecule has 1 aliphatic carbocycles. The molecule has 0 atom stereocenters. The van der Waals surface area contributed by atoms with Crippen LogP contribution in [0, 0.1) is 0 Å². The van der Waals surface area contributed by atoms with Crippen LogP contribution in [0.3, 0.4) is 0 Å². The van der Waals surface area contributed by atoms with Gasteiger partial charge in [0, 0.05) is 11.6 Å². The lowest BCUT2D eigenvalue weighted by molar-refractivity contribution is -0.120. The van der Waals surface area contributed by atoms with Crippen molar-refractivity contribution in [3.63, 3.8) is 0 Å². The molecule has 0 radical (unpaired) electrons. The zero-order chi connectivity index (χ0) is 19.5. The third-order valence-corrected chi connectivity index (χ3v) is 4.52. The van der Waals surface area contributed by atoms with Gasteiger partial charge in [-0.3, -0.25) is 20.4 Å². The molecule has 27 heavy (non-hydrogen) atoms. The molecule has 7 nitrogen and oxygen atoms in total. The standard InChI is InChI=1S/C19H28N4O3S/c1-2-3-12-26-16-10-8-14(9-11-16)18(25)20-13-17(24)22-23-19(27)21-15-6-4-5-7-15/h8-11,15H,2-7,12-13H2,1H3,(H,20,25)(H,22,24)(H2,21,23,27). The number of thiocarbonyl (C=S) groups is 1. The Bertz CT molecular complexity index is 630. The van der Waals surface area contributed by atoms with Crippen LogP contribution in [0.5, 0.6) is 5.75 Å². The predicted molar refractivity (Wildman–Crippen MR) is 108 cm³/mol. The van der Waals surface area contributed by atoms with Gasteiger partial charge in [0.05, 0.1) is 13.2 Å². The molecule has 0 heterocycles. The van der Waals surface area contributed by atoms with Gasteiger partial charge < -0.3 is 15.4 Å². The maximum Gasteiger partial charge on any atom is 0.257 e. The molecular weight excluding hydrogens is 364 g/mol. The van der Waals surface area contributed by atoms with Gasteiger partial charge in [-0.1, -0.05) is 26.2 Å². The van der Waals surface area contributed by atoms with Gasteiger partial charge in [-0.05, 0) is 55.7 Å². The van der Waals surface area contributed by atoms with E-state index in [0.29, 0.717) is 23.3 Å². The Morgan fingerprint density at radius 2 is 1.85 bits per heavy atom. The van der Waals surface area contributed by atoms with Gasteiger partial charge in [0.2, 0.25) is 0 Å². The van der Waals surface area contributed by atoms with E-state index in [4.69, 9.17) is 17.0 Å². The maximum atomic E-state index is 12.1. The summed E-state index contributed by atoms with van der Waals surface area (Å²) in [5.41, 5.74) is 5.60. The van der Waals surface area contributed by atoms with Crippen LogP contribution < -0.4 is 26.2 Å². The molecule has 0 aromatic heterocycles. The average Bonchev–Trinajstić information content (AvgIpc) is 3.18. The molecule has 1 saturated carbocycles. The first-order valence-electron chi connectivity index (χ1n) is 9.45. The Labute approximate surface area is 165 Å². The highest BCUT2D eigenvalue weighted by molar-refractivity contribution is 7.80. The van der Waals surface area contributed by atoms with Crippen LogP contribution in [0.2, 0.25) is 0 Å². The van der Waals surface area contributed by atoms with Gasteiger partial charge in [-0.15, -0.1) is 0 Å².